The summed E-state index contributed by atoms with van der Waals surface area (Å²) < 4.78 is 38.5. The highest BCUT2D eigenvalue weighted by Crippen LogP contribution is 2.42. The topological polar surface area (TPSA) is 143 Å². The highest BCUT2D eigenvalue weighted by molar-refractivity contribution is 7.92. The molecule has 2 N–H and O–H groups in total. The lowest BCUT2D eigenvalue weighted by atomic mass is 10.00. The summed E-state index contributed by atoms with van der Waals surface area (Å²) in [5, 5.41) is 12.8. The summed E-state index contributed by atoms with van der Waals surface area (Å²) in [5.74, 6) is 0.286. The summed E-state index contributed by atoms with van der Waals surface area (Å²) in [5.41, 5.74) is 5.48. The van der Waals surface area contributed by atoms with Gasteiger partial charge in [0.05, 0.1) is 41.6 Å². The molecule has 6 rings (SSSR count). The van der Waals surface area contributed by atoms with Crippen molar-refractivity contribution < 1.29 is 22.4 Å². The van der Waals surface area contributed by atoms with Crippen molar-refractivity contribution in [1.82, 2.24) is 25.5 Å². The van der Waals surface area contributed by atoms with Gasteiger partial charge in [0.15, 0.2) is 0 Å². The van der Waals surface area contributed by atoms with Crippen LogP contribution < -0.4 is 14.4 Å². The number of sulfonamides is 1. The number of aromatic nitrogens is 4. The molecule has 12 heteroatoms. The van der Waals surface area contributed by atoms with Gasteiger partial charge in [0.2, 0.25) is 15.9 Å². The Hall–Kier alpha value is -5.23. The molecule has 4 aromatic heterocycles. The molecule has 0 atom stereocenters. The first kappa shape index (κ1) is 27.9. The Bertz CT molecular complexity index is 2100. The third-order valence-corrected chi connectivity index (χ3v) is 8.51. The zero-order valence-corrected chi connectivity index (χ0v) is 24.9. The monoisotopic (exact) mass is 596 g/mol. The Morgan fingerprint density at radius 2 is 1.81 bits per heavy atom. The highest BCUT2D eigenvalue weighted by atomic mass is 32.2. The van der Waals surface area contributed by atoms with E-state index >= 15 is 0 Å². The lowest BCUT2D eigenvalue weighted by Gasteiger charge is -2.20. The number of furan rings is 1. The summed E-state index contributed by atoms with van der Waals surface area (Å²) in [6, 6.07) is 18.4. The minimum absolute atomic E-state index is 0.269. The molecular weight excluding hydrogens is 568 g/mol. The van der Waals surface area contributed by atoms with E-state index < -0.39 is 10.0 Å². The van der Waals surface area contributed by atoms with Crippen LogP contribution in [0.2, 0.25) is 0 Å². The van der Waals surface area contributed by atoms with E-state index in [1.54, 1.807) is 31.4 Å². The summed E-state index contributed by atoms with van der Waals surface area (Å²) >= 11 is 0. The van der Waals surface area contributed by atoms with E-state index in [1.165, 1.54) is 14.2 Å². The van der Waals surface area contributed by atoms with Crippen molar-refractivity contribution in [2.24, 2.45) is 0 Å². The van der Waals surface area contributed by atoms with Crippen LogP contribution in [-0.2, 0) is 10.0 Å². The predicted octanol–water partition coefficient (Wildman–Crippen LogP) is 5.17. The molecule has 0 aliphatic rings. The van der Waals surface area contributed by atoms with Gasteiger partial charge < -0.3 is 19.5 Å². The molecule has 2 aromatic carbocycles. The van der Waals surface area contributed by atoms with Crippen molar-refractivity contribution in [1.29, 1.82) is 0 Å². The molecule has 4 heterocycles. The molecule has 6 aromatic rings. The third-order valence-electron chi connectivity index (χ3n) is 7.32. The zero-order chi connectivity index (χ0) is 30.5. The molecule has 0 unspecified atom stereocenters. The van der Waals surface area contributed by atoms with Gasteiger partial charge in [0.1, 0.15) is 17.0 Å². The van der Waals surface area contributed by atoms with Crippen LogP contribution in [-0.4, -0.2) is 62.0 Å². The number of anilines is 1. The van der Waals surface area contributed by atoms with E-state index in [9.17, 15) is 13.2 Å². The van der Waals surface area contributed by atoms with Gasteiger partial charge in [-0.25, -0.2) is 13.4 Å². The Balaban J connectivity index is 1.64. The van der Waals surface area contributed by atoms with Crippen LogP contribution in [0.15, 0.2) is 71.3 Å². The number of nitrogens with one attached hydrogen (secondary N) is 2. The molecule has 0 radical (unpaired) electrons. The number of fused-ring (bicyclic) bond motifs is 2. The van der Waals surface area contributed by atoms with Crippen LogP contribution in [0.3, 0.4) is 0 Å². The highest BCUT2D eigenvalue weighted by Gasteiger charge is 2.27. The number of benzene rings is 2. The number of H-pyrrole nitrogens is 1. The number of ether oxygens (including phenoxy) is 1. The minimum atomic E-state index is -3.70. The number of aromatic amines is 1. The van der Waals surface area contributed by atoms with Gasteiger partial charge in [-0.2, -0.15) is 0 Å². The standard InChI is InChI=1S/C31H28N6O5S/c1-17-8-10-18(11-9-17)28-27(30(38)32-2)22-14-20(25(16-26(22)42-28)37(3)43(5,39)40)24-15-21(31(41-4)36-35-24)23-13-19-7-6-12-33-29(19)34-23/h6-16H,1-5H3,(H,32,38)(H,33,34). The lowest BCUT2D eigenvalue weighted by Crippen LogP contribution is -2.25. The summed E-state index contributed by atoms with van der Waals surface area (Å²) in [7, 11) is 0.787. The Kier molecular flexibility index (Phi) is 6.85. The maximum atomic E-state index is 13.3. The molecule has 0 bridgehead atoms. The van der Waals surface area contributed by atoms with Gasteiger partial charge >= 0.3 is 0 Å². The SMILES string of the molecule is CNC(=O)c1c(-c2ccc(C)cc2)oc2cc(N(C)S(C)(=O)=O)c(-c3cc(-c4cc5cccnc5[nH]4)c(OC)nn3)cc12. The average Bonchev–Trinajstić information content (AvgIpc) is 3.61. The number of amides is 1. The second-order valence-corrected chi connectivity index (χ2v) is 12.1. The summed E-state index contributed by atoms with van der Waals surface area (Å²) in [6.45, 7) is 1.97. The van der Waals surface area contributed by atoms with E-state index in [2.05, 4.69) is 25.5 Å². The van der Waals surface area contributed by atoms with Gasteiger partial charge in [-0.05, 0) is 37.3 Å². The lowest BCUT2D eigenvalue weighted by molar-refractivity contribution is 0.0964. The molecule has 0 saturated carbocycles. The van der Waals surface area contributed by atoms with Crippen LogP contribution in [0.25, 0.3) is 55.8 Å². The van der Waals surface area contributed by atoms with Gasteiger partial charge in [0.25, 0.3) is 5.91 Å². The molecule has 43 heavy (non-hydrogen) atoms. The number of aryl methyl sites for hydroxylation is 1. The van der Waals surface area contributed by atoms with Crippen LogP contribution >= 0.6 is 0 Å². The van der Waals surface area contributed by atoms with Crippen molar-refractivity contribution in [3.63, 3.8) is 0 Å². The average molecular weight is 597 g/mol. The van der Waals surface area contributed by atoms with E-state index in [4.69, 9.17) is 9.15 Å². The second kappa shape index (κ2) is 10.6. The number of pyridine rings is 1. The van der Waals surface area contributed by atoms with Crippen LogP contribution in [0.4, 0.5) is 5.69 Å². The fraction of sp³-hybridized carbons (Fsp3) is 0.161. The summed E-state index contributed by atoms with van der Waals surface area (Å²) in [6.07, 6.45) is 2.80. The first-order chi connectivity index (χ1) is 20.6. The van der Waals surface area contributed by atoms with Gasteiger partial charge in [-0.3, -0.25) is 9.10 Å². The maximum Gasteiger partial charge on any atom is 0.255 e. The Morgan fingerprint density at radius 1 is 1.05 bits per heavy atom. The van der Waals surface area contributed by atoms with Crippen molar-refractivity contribution in [2.45, 2.75) is 6.92 Å². The van der Waals surface area contributed by atoms with E-state index in [0.717, 1.165) is 21.5 Å². The van der Waals surface area contributed by atoms with Gasteiger partial charge in [-0.1, -0.05) is 29.8 Å². The van der Waals surface area contributed by atoms with Crippen LogP contribution in [0.1, 0.15) is 15.9 Å². The van der Waals surface area contributed by atoms with Crippen molar-refractivity contribution in [3.05, 3.63) is 78.0 Å². The zero-order valence-electron chi connectivity index (χ0n) is 24.1. The van der Waals surface area contributed by atoms with Crippen molar-refractivity contribution in [3.8, 4) is 39.7 Å². The van der Waals surface area contributed by atoms with E-state index in [0.29, 0.717) is 61.7 Å². The van der Waals surface area contributed by atoms with Gasteiger partial charge in [0, 0.05) is 48.3 Å². The number of methoxy groups -OCH3 is 1. The van der Waals surface area contributed by atoms with E-state index in [1.807, 2.05) is 49.4 Å². The molecule has 218 valence electrons. The minimum Gasteiger partial charge on any atom is -0.479 e. The number of nitrogens with zero attached hydrogens (tertiary/aromatic N) is 4. The number of rotatable bonds is 7. The quantitative estimate of drug-likeness (QED) is 0.257. The molecule has 0 aliphatic heterocycles. The molecule has 1 amide bonds. The molecule has 0 fully saturated rings. The maximum absolute atomic E-state index is 13.3. The first-order valence-corrected chi connectivity index (χ1v) is 15.1. The predicted molar refractivity (Wildman–Crippen MR) is 166 cm³/mol. The molecule has 0 aliphatic carbocycles. The number of carbonyl (C=O) groups is 1. The number of hydrogen-bond acceptors (Lipinski definition) is 8. The molecule has 0 saturated heterocycles. The number of carbonyl (C=O) groups excluding carboxylic acids is 1. The fourth-order valence-corrected chi connectivity index (χ4v) is 5.50. The fourth-order valence-electron chi connectivity index (χ4n) is 4.99. The molecular formula is C31H28N6O5S. The largest absolute Gasteiger partial charge is 0.479 e. The Morgan fingerprint density at radius 3 is 2.49 bits per heavy atom. The molecule has 0 spiro atoms. The Labute approximate surface area is 247 Å². The van der Waals surface area contributed by atoms with Crippen LogP contribution in [0.5, 0.6) is 5.88 Å². The van der Waals surface area contributed by atoms with Gasteiger partial charge in [-0.15, -0.1) is 10.2 Å². The second-order valence-electron chi connectivity index (χ2n) is 10.1. The smallest absolute Gasteiger partial charge is 0.255 e. The third kappa shape index (κ3) is 4.95. The molecule has 11 nitrogen and oxygen atoms in total. The normalized spacial score (nSPS) is 11.7. The first-order valence-electron chi connectivity index (χ1n) is 13.3. The van der Waals surface area contributed by atoms with Crippen molar-refractivity contribution in [2.75, 3.05) is 31.8 Å². The van der Waals surface area contributed by atoms with Crippen LogP contribution in [0, 0.1) is 6.92 Å². The van der Waals surface area contributed by atoms with Crippen molar-refractivity contribution >= 4 is 43.6 Å². The summed E-state index contributed by atoms with van der Waals surface area (Å²) in [4.78, 5) is 20.9. The number of hydrogen-bond donors (Lipinski definition) is 2. The van der Waals surface area contributed by atoms with E-state index in [-0.39, 0.29) is 11.8 Å².